The van der Waals surface area contributed by atoms with E-state index in [0.717, 1.165) is 84.4 Å². The predicted octanol–water partition coefficient (Wildman–Crippen LogP) is 13.0. The number of benzene rings is 6. The number of hydrogen-bond donors (Lipinski definition) is 2. The van der Waals surface area contributed by atoms with Crippen molar-refractivity contribution < 1.29 is 86.3 Å². The molecule has 0 saturated carbocycles. The quantitative estimate of drug-likeness (QED) is 0.0502. The lowest BCUT2D eigenvalue weighted by Gasteiger charge is -2.42. The van der Waals surface area contributed by atoms with E-state index >= 15 is 0 Å². The van der Waals surface area contributed by atoms with E-state index in [2.05, 4.69) is 13.2 Å². The standard InChI is InChI=1S/C45H48ClN3O9.C32H38N2O9/c1-3-18-56-45(53)49-35-24-39(38(54-2)22-33(35)43(52)47-17-8-6-15-34(47)44(49)58-41-16-7-9-19-55-41)57-27-29-12-10-11-28(20-29)21-40(51)48-26-30(25-46)42-32-14-5-4-13-31(32)37(50)23-36(42)48;1-3-14-41-32(38)34-25-19-27(42-20-22-10-8-9-21(16-22)17-28(35)36)26(39-2)18-23(25)30(37)33-13-6-4-11-24(33)31(34)43-29-12-5-7-15-40-29/h3-5,10-14,20,22-24,30,34,41,44,50H,1,6-9,15-19,21,25-27H2,2H3;3,8-10,16,18-19,24,29,31H,1,4-7,11-15,17,20H2,2H3,(H,35,36)/t30-,34+,41?,44?;24-,29?,31?/m10/s1. The summed E-state index contributed by atoms with van der Waals surface area (Å²) in [4.78, 5) is 89.4. The average Bonchev–Trinajstić information content (AvgIpc) is 1.65. The molecule has 2 N–H and O–H groups in total. The summed E-state index contributed by atoms with van der Waals surface area (Å²) in [5.41, 5.74) is 5.72. The maximum Gasteiger partial charge on any atom is 0.416 e. The lowest BCUT2D eigenvalue weighted by atomic mass is 9.95. The fraction of sp³-hybridized carbons (Fsp3) is 0.429. The Hall–Kier alpha value is -9.39. The van der Waals surface area contributed by atoms with Gasteiger partial charge < -0.3 is 72.3 Å². The summed E-state index contributed by atoms with van der Waals surface area (Å²) in [7, 11) is 2.98. The minimum absolute atomic E-state index is 0.0220. The number of alkyl halides is 1. The normalized spacial score (nSPS) is 21.6. The number of nitrogens with zero attached hydrogens (tertiary/aromatic N) is 5. The number of carbonyl (C=O) groups is 6. The monoisotopic (exact) mass is 1400 g/mol. The molecule has 0 spiro atoms. The van der Waals surface area contributed by atoms with Gasteiger partial charge in [0.15, 0.2) is 48.0 Å². The Morgan fingerprint density at radius 2 is 1.06 bits per heavy atom. The highest BCUT2D eigenvalue weighted by Crippen LogP contribution is 2.48. The molecule has 0 radical (unpaired) electrons. The maximum absolute atomic E-state index is 14.3. The van der Waals surface area contributed by atoms with Crippen molar-refractivity contribution in [1.82, 2.24) is 9.80 Å². The molecule has 7 atom stereocenters. The van der Waals surface area contributed by atoms with Crippen LogP contribution in [0.5, 0.6) is 28.7 Å². The van der Waals surface area contributed by atoms with Crippen LogP contribution in [0.25, 0.3) is 10.8 Å². The molecule has 5 amide bonds. The number of amides is 5. The van der Waals surface area contributed by atoms with Crippen LogP contribution in [0.3, 0.4) is 0 Å². The zero-order valence-corrected chi connectivity index (χ0v) is 57.7. The number of methoxy groups -OCH3 is 2. The second-order valence-electron chi connectivity index (χ2n) is 26.0. The Kier molecular flexibility index (Phi) is 23.3. The van der Waals surface area contributed by atoms with Gasteiger partial charge in [0.25, 0.3) is 11.8 Å². The molecule has 7 aliphatic rings. The van der Waals surface area contributed by atoms with Gasteiger partial charge in [0.2, 0.25) is 5.91 Å². The van der Waals surface area contributed by atoms with Crippen molar-refractivity contribution in [2.75, 3.05) is 80.9 Å². The highest BCUT2D eigenvalue weighted by molar-refractivity contribution is 6.19. The minimum Gasteiger partial charge on any atom is -0.507 e. The molecule has 13 rings (SSSR count). The number of hydrogen-bond acceptors (Lipinski definition) is 17. The average molecular weight is 1410 g/mol. The largest absolute Gasteiger partial charge is 0.507 e. The molecule has 101 heavy (non-hydrogen) atoms. The number of ether oxygens (including phenoxy) is 10. The fourth-order valence-corrected chi connectivity index (χ4v) is 14.8. The van der Waals surface area contributed by atoms with Gasteiger partial charge in [-0.05, 0) is 122 Å². The van der Waals surface area contributed by atoms with Crippen molar-refractivity contribution in [2.45, 2.75) is 146 Å². The van der Waals surface area contributed by atoms with E-state index in [9.17, 15) is 39.0 Å². The second-order valence-corrected chi connectivity index (χ2v) is 26.3. The summed E-state index contributed by atoms with van der Waals surface area (Å²) in [5, 5.41) is 21.6. The summed E-state index contributed by atoms with van der Waals surface area (Å²) < 4.78 is 60.2. The summed E-state index contributed by atoms with van der Waals surface area (Å²) >= 11 is 6.42. The molecular formula is C77H86ClN5O18. The van der Waals surface area contributed by atoms with Crippen LogP contribution >= 0.6 is 11.6 Å². The summed E-state index contributed by atoms with van der Waals surface area (Å²) in [6.45, 7) is 10.1. The van der Waals surface area contributed by atoms with E-state index < -0.39 is 55.3 Å². The van der Waals surface area contributed by atoms with Crippen molar-refractivity contribution in [2.24, 2.45) is 0 Å². The molecule has 24 heteroatoms. The Morgan fingerprint density at radius 1 is 0.574 bits per heavy atom. The van der Waals surface area contributed by atoms with Crippen LogP contribution in [0.4, 0.5) is 26.7 Å². The Bertz CT molecular complexity index is 4040. The van der Waals surface area contributed by atoms with Gasteiger partial charge in [0.1, 0.15) is 32.2 Å². The molecule has 4 fully saturated rings. The van der Waals surface area contributed by atoms with Crippen LogP contribution in [0.15, 0.2) is 128 Å². The zero-order chi connectivity index (χ0) is 70.7. The van der Waals surface area contributed by atoms with Crippen LogP contribution in [0, 0.1) is 0 Å². The number of aromatic hydroxyl groups is 1. The molecule has 7 aliphatic heterocycles. The Labute approximate surface area is 591 Å². The predicted molar refractivity (Wildman–Crippen MR) is 376 cm³/mol. The first-order valence-corrected chi connectivity index (χ1v) is 35.2. The van der Waals surface area contributed by atoms with Crippen molar-refractivity contribution >= 4 is 75.3 Å². The van der Waals surface area contributed by atoms with Gasteiger partial charge in [-0.2, -0.15) is 0 Å². The second kappa shape index (κ2) is 32.9. The number of carboxylic acids is 1. The number of phenolic OH excluding ortho intramolecular Hbond substituents is 1. The fourth-order valence-electron chi connectivity index (χ4n) is 14.6. The zero-order valence-electron chi connectivity index (χ0n) is 56.9. The van der Waals surface area contributed by atoms with Gasteiger partial charge >= 0.3 is 18.2 Å². The van der Waals surface area contributed by atoms with Crippen LogP contribution in [-0.2, 0) is 64.1 Å². The Balaban J connectivity index is 0.000000200. The highest BCUT2D eigenvalue weighted by Gasteiger charge is 2.49. The molecule has 4 saturated heterocycles. The smallest absolute Gasteiger partial charge is 0.416 e. The van der Waals surface area contributed by atoms with Crippen LogP contribution in [0.1, 0.15) is 132 Å². The van der Waals surface area contributed by atoms with Gasteiger partial charge in [-0.15, -0.1) is 11.6 Å². The number of aliphatic carboxylic acids is 1. The third kappa shape index (κ3) is 15.9. The number of carbonyl (C=O) groups excluding carboxylic acids is 5. The van der Waals surface area contributed by atoms with E-state index in [4.69, 9.17) is 59.0 Å². The molecule has 6 aromatic carbocycles. The molecule has 6 aromatic rings. The summed E-state index contributed by atoms with van der Waals surface area (Å²) in [6.07, 6.45) is 8.57. The number of piperidine rings is 2. The van der Waals surface area contributed by atoms with Crippen LogP contribution in [0.2, 0.25) is 0 Å². The van der Waals surface area contributed by atoms with E-state index in [-0.39, 0.29) is 91.2 Å². The SMILES string of the molecule is C=CCOC(=O)N1c2cc(OCc3cccc(CC(=O)N4C[C@@H](CCl)c5c4cc(O)c4ccccc54)c3)c(OC)cc2C(=O)N2CCCC[C@H]2C1OC1CCCCO1.C=CCOC(=O)N1c2cc(OCc3cccc(CC(=O)O)c3)c(OC)cc2C(=O)N2CCCC[C@H]2C1OC1CCCCO1. The topological polar surface area (TPSA) is 251 Å². The van der Waals surface area contributed by atoms with Gasteiger partial charge in [-0.25, -0.2) is 19.4 Å². The van der Waals surface area contributed by atoms with Crippen molar-refractivity contribution in [3.8, 4) is 28.7 Å². The van der Waals surface area contributed by atoms with Gasteiger partial charge in [0.05, 0.1) is 67.3 Å². The molecule has 7 heterocycles. The van der Waals surface area contributed by atoms with Crippen LogP contribution < -0.4 is 33.6 Å². The van der Waals surface area contributed by atoms with Crippen molar-refractivity contribution in [3.63, 3.8) is 0 Å². The lowest BCUT2D eigenvalue weighted by Crippen LogP contribution is -2.57. The number of fused-ring (bicyclic) bond motifs is 7. The molecule has 23 nitrogen and oxygen atoms in total. The first kappa shape index (κ1) is 71.4. The Morgan fingerprint density at radius 3 is 1.52 bits per heavy atom. The first-order chi connectivity index (χ1) is 49.2. The number of carboxylic acid groups (broad SMARTS) is 1. The third-order valence-corrected chi connectivity index (χ3v) is 19.7. The first-order valence-electron chi connectivity index (χ1n) is 34.7. The van der Waals surface area contributed by atoms with Crippen LogP contribution in [-0.4, -0.2) is 159 Å². The number of rotatable bonds is 21. The van der Waals surface area contributed by atoms with E-state index in [1.165, 1.54) is 36.2 Å². The summed E-state index contributed by atoms with van der Waals surface area (Å²) in [5.74, 6) is 0.115. The maximum atomic E-state index is 14.3. The third-order valence-electron chi connectivity index (χ3n) is 19.3. The minimum atomic E-state index is -0.926. The van der Waals surface area contributed by atoms with Gasteiger partial charge in [-0.3, -0.25) is 19.2 Å². The number of anilines is 3. The molecule has 4 unspecified atom stereocenters. The van der Waals surface area contributed by atoms with Crippen molar-refractivity contribution in [1.29, 1.82) is 0 Å². The summed E-state index contributed by atoms with van der Waals surface area (Å²) in [6, 6.07) is 29.6. The van der Waals surface area contributed by atoms with E-state index in [1.807, 2.05) is 54.6 Å². The van der Waals surface area contributed by atoms with E-state index in [0.29, 0.717) is 98.7 Å². The van der Waals surface area contributed by atoms with Gasteiger partial charge in [-0.1, -0.05) is 98.1 Å². The van der Waals surface area contributed by atoms with Crippen molar-refractivity contribution in [3.05, 3.63) is 167 Å². The molecule has 0 bridgehead atoms. The molecule has 534 valence electrons. The van der Waals surface area contributed by atoms with E-state index in [1.54, 1.807) is 63.2 Å². The highest BCUT2D eigenvalue weighted by atomic mass is 35.5. The molecule has 0 aromatic heterocycles. The number of phenols is 1. The lowest BCUT2D eigenvalue weighted by molar-refractivity contribution is -0.199. The molecule has 0 aliphatic carbocycles. The van der Waals surface area contributed by atoms with Gasteiger partial charge in [0, 0.05) is 68.2 Å². The molecular weight excluding hydrogens is 1320 g/mol. The number of halogens is 1.